The van der Waals surface area contributed by atoms with E-state index in [-0.39, 0.29) is 5.91 Å². The maximum Gasteiger partial charge on any atom is 0.219 e. The van der Waals surface area contributed by atoms with Crippen LogP contribution in [0.3, 0.4) is 0 Å². The van der Waals surface area contributed by atoms with Crippen LogP contribution in [0.25, 0.3) is 0 Å². The molecule has 0 aromatic carbocycles. The van der Waals surface area contributed by atoms with Crippen molar-refractivity contribution in [3.8, 4) is 0 Å². The molecule has 1 N–H and O–H groups in total. The van der Waals surface area contributed by atoms with Crippen LogP contribution in [-0.4, -0.2) is 58.6 Å². The minimum Gasteiger partial charge on any atom is -0.390 e. The van der Waals surface area contributed by atoms with Gasteiger partial charge in [0.1, 0.15) is 0 Å². The van der Waals surface area contributed by atoms with E-state index in [1.54, 1.807) is 6.92 Å². The van der Waals surface area contributed by atoms with Crippen LogP contribution in [-0.2, 0) is 4.79 Å². The van der Waals surface area contributed by atoms with E-state index in [0.717, 1.165) is 45.4 Å². The zero-order valence-electron chi connectivity index (χ0n) is 13.3. The summed E-state index contributed by atoms with van der Waals surface area (Å²) in [6.07, 6.45) is 4.83. The topological polar surface area (TPSA) is 43.8 Å². The number of rotatable bonds is 3. The lowest BCUT2D eigenvalue weighted by Gasteiger charge is -2.42. The Hall–Kier alpha value is -0.610. The van der Waals surface area contributed by atoms with Gasteiger partial charge >= 0.3 is 0 Å². The first-order chi connectivity index (χ1) is 9.39. The second kappa shape index (κ2) is 6.44. The van der Waals surface area contributed by atoms with Gasteiger partial charge in [0.2, 0.25) is 5.91 Å². The predicted octanol–water partition coefficient (Wildman–Crippen LogP) is 1.87. The summed E-state index contributed by atoms with van der Waals surface area (Å²) in [4.78, 5) is 15.7. The molecule has 0 aromatic heterocycles. The van der Waals surface area contributed by atoms with Gasteiger partial charge in [0, 0.05) is 26.1 Å². The summed E-state index contributed by atoms with van der Waals surface area (Å²) < 4.78 is 0. The normalized spacial score (nSPS) is 25.1. The minimum absolute atomic E-state index is 0.136. The number of nitrogens with zero attached hydrogens (tertiary/aromatic N) is 2. The van der Waals surface area contributed by atoms with Crippen molar-refractivity contribution in [3.63, 3.8) is 0 Å². The number of hydrogen-bond acceptors (Lipinski definition) is 3. The molecule has 4 heteroatoms. The first kappa shape index (κ1) is 15.8. The molecule has 0 atom stereocenters. The third-order valence-electron chi connectivity index (χ3n) is 5.19. The van der Waals surface area contributed by atoms with Crippen molar-refractivity contribution in [3.05, 3.63) is 0 Å². The van der Waals surface area contributed by atoms with Crippen molar-refractivity contribution in [1.82, 2.24) is 9.80 Å². The van der Waals surface area contributed by atoms with E-state index in [1.807, 2.05) is 4.90 Å². The van der Waals surface area contributed by atoms with Crippen LogP contribution in [0.15, 0.2) is 0 Å². The largest absolute Gasteiger partial charge is 0.390 e. The van der Waals surface area contributed by atoms with Gasteiger partial charge in [-0.1, -0.05) is 0 Å². The Morgan fingerprint density at radius 3 is 2.20 bits per heavy atom. The summed E-state index contributed by atoms with van der Waals surface area (Å²) in [6.45, 7) is 9.89. The summed E-state index contributed by atoms with van der Waals surface area (Å²) >= 11 is 0. The van der Waals surface area contributed by atoms with Gasteiger partial charge < -0.3 is 14.9 Å². The second-order valence-corrected chi connectivity index (χ2v) is 7.01. The van der Waals surface area contributed by atoms with Gasteiger partial charge in [-0.2, -0.15) is 0 Å². The number of carbonyl (C=O) groups excluding carboxylic acids is 1. The van der Waals surface area contributed by atoms with Crippen molar-refractivity contribution < 1.29 is 9.90 Å². The Labute approximate surface area is 123 Å². The van der Waals surface area contributed by atoms with E-state index in [9.17, 15) is 9.90 Å². The fourth-order valence-corrected chi connectivity index (χ4v) is 3.65. The summed E-state index contributed by atoms with van der Waals surface area (Å²) in [7, 11) is 0. The van der Waals surface area contributed by atoms with Crippen molar-refractivity contribution in [2.45, 2.75) is 64.5 Å². The maximum absolute atomic E-state index is 11.3. The summed E-state index contributed by atoms with van der Waals surface area (Å²) in [5.41, 5.74) is -0.531. The molecule has 0 radical (unpaired) electrons. The Morgan fingerprint density at radius 1 is 1.20 bits per heavy atom. The highest BCUT2D eigenvalue weighted by Crippen LogP contribution is 2.33. The first-order valence-corrected chi connectivity index (χ1v) is 8.11. The smallest absolute Gasteiger partial charge is 0.219 e. The fourth-order valence-electron chi connectivity index (χ4n) is 3.65. The molecule has 2 aliphatic rings. The number of carbonyl (C=O) groups is 1. The zero-order chi connectivity index (χ0) is 14.8. The standard InChI is InChI=1S/C16H30N2O2/c1-13(2)17-8-4-15(5-9-17)12-16(20)6-10-18(11-7-16)14(3)19/h13,15,20H,4-12H2,1-3H3. The molecule has 0 bridgehead atoms. The third-order valence-corrected chi connectivity index (χ3v) is 5.19. The van der Waals surface area contributed by atoms with Gasteiger partial charge in [-0.25, -0.2) is 0 Å². The minimum atomic E-state index is -0.531. The van der Waals surface area contributed by atoms with Gasteiger partial charge in [0.25, 0.3) is 0 Å². The van der Waals surface area contributed by atoms with Crippen molar-refractivity contribution in [1.29, 1.82) is 0 Å². The van der Waals surface area contributed by atoms with Gasteiger partial charge in [-0.15, -0.1) is 0 Å². The molecule has 2 rings (SSSR count). The predicted molar refractivity (Wildman–Crippen MR) is 80.5 cm³/mol. The van der Waals surface area contributed by atoms with Crippen LogP contribution in [0.4, 0.5) is 0 Å². The molecule has 4 nitrogen and oxygen atoms in total. The lowest BCUT2D eigenvalue weighted by atomic mass is 9.79. The van der Waals surface area contributed by atoms with Crippen LogP contribution in [0.5, 0.6) is 0 Å². The lowest BCUT2D eigenvalue weighted by molar-refractivity contribution is -0.133. The van der Waals surface area contributed by atoms with Crippen LogP contribution in [0.2, 0.25) is 0 Å². The quantitative estimate of drug-likeness (QED) is 0.859. The highest BCUT2D eigenvalue weighted by molar-refractivity contribution is 5.73. The van der Waals surface area contributed by atoms with Gasteiger partial charge in [-0.05, 0) is 65.0 Å². The van der Waals surface area contributed by atoms with E-state index in [1.165, 1.54) is 12.8 Å². The Morgan fingerprint density at radius 2 is 1.75 bits per heavy atom. The number of aliphatic hydroxyl groups is 1. The van der Waals surface area contributed by atoms with Crippen LogP contribution in [0, 0.1) is 5.92 Å². The monoisotopic (exact) mass is 282 g/mol. The molecule has 0 spiro atoms. The van der Waals surface area contributed by atoms with Crippen LogP contribution in [0.1, 0.15) is 52.9 Å². The Bertz CT molecular complexity index is 327. The van der Waals surface area contributed by atoms with Crippen molar-refractivity contribution >= 4 is 5.91 Å². The van der Waals surface area contributed by atoms with Crippen molar-refractivity contribution in [2.75, 3.05) is 26.2 Å². The average molecular weight is 282 g/mol. The summed E-state index contributed by atoms with van der Waals surface area (Å²) in [6, 6.07) is 0.637. The summed E-state index contributed by atoms with van der Waals surface area (Å²) in [5.74, 6) is 0.788. The van der Waals surface area contributed by atoms with E-state index in [0.29, 0.717) is 12.0 Å². The average Bonchev–Trinajstić information content (AvgIpc) is 2.39. The third kappa shape index (κ3) is 3.95. The maximum atomic E-state index is 11.3. The molecule has 0 aromatic rings. The molecule has 0 saturated carbocycles. The van der Waals surface area contributed by atoms with E-state index in [2.05, 4.69) is 18.7 Å². The van der Waals surface area contributed by atoms with Crippen LogP contribution < -0.4 is 0 Å². The lowest BCUT2D eigenvalue weighted by Crippen LogP contribution is -2.48. The number of hydrogen-bond donors (Lipinski definition) is 1. The fraction of sp³-hybridized carbons (Fsp3) is 0.938. The number of piperidine rings is 2. The molecule has 0 unspecified atom stereocenters. The van der Waals surface area contributed by atoms with E-state index >= 15 is 0 Å². The molecule has 20 heavy (non-hydrogen) atoms. The van der Waals surface area contributed by atoms with Gasteiger partial charge in [0.15, 0.2) is 0 Å². The highest BCUT2D eigenvalue weighted by atomic mass is 16.3. The van der Waals surface area contributed by atoms with E-state index in [4.69, 9.17) is 0 Å². The summed E-state index contributed by atoms with van der Waals surface area (Å²) in [5, 5.41) is 10.7. The zero-order valence-corrected chi connectivity index (χ0v) is 13.3. The molecule has 1 amide bonds. The Kier molecular flexibility index (Phi) is 5.08. The Balaban J connectivity index is 1.78. The van der Waals surface area contributed by atoms with Gasteiger partial charge in [-0.3, -0.25) is 4.79 Å². The molecule has 2 saturated heterocycles. The molecule has 116 valence electrons. The molecular formula is C16H30N2O2. The molecule has 0 aliphatic carbocycles. The van der Waals surface area contributed by atoms with Gasteiger partial charge in [0.05, 0.1) is 5.60 Å². The second-order valence-electron chi connectivity index (χ2n) is 7.01. The first-order valence-electron chi connectivity index (χ1n) is 8.11. The van der Waals surface area contributed by atoms with E-state index < -0.39 is 5.60 Å². The molecule has 2 fully saturated rings. The number of likely N-dealkylation sites (tertiary alicyclic amines) is 2. The molecular weight excluding hydrogens is 252 g/mol. The SMILES string of the molecule is CC(=O)N1CCC(O)(CC2CCN(C(C)C)CC2)CC1. The highest BCUT2D eigenvalue weighted by Gasteiger charge is 2.36. The molecule has 2 heterocycles. The van der Waals surface area contributed by atoms with Crippen LogP contribution >= 0.6 is 0 Å². The molecule has 2 aliphatic heterocycles. The van der Waals surface area contributed by atoms with Crippen molar-refractivity contribution in [2.24, 2.45) is 5.92 Å². The number of amides is 1.